The van der Waals surface area contributed by atoms with Gasteiger partial charge in [-0.05, 0) is 60.3 Å². The maximum absolute atomic E-state index is 12.9. The maximum Gasteiger partial charge on any atom is 0.286 e. The first-order valence-corrected chi connectivity index (χ1v) is 13.4. The van der Waals surface area contributed by atoms with Gasteiger partial charge in [-0.1, -0.05) is 36.1 Å². The largest absolute Gasteiger partial charge is 0.321 e. The number of rotatable bonds is 4. The second-order valence-corrected chi connectivity index (χ2v) is 10.9. The first kappa shape index (κ1) is 24.1. The van der Waals surface area contributed by atoms with Crippen molar-refractivity contribution < 1.29 is 13.8 Å². The van der Waals surface area contributed by atoms with Crippen LogP contribution in [0.15, 0.2) is 93.8 Å². The Morgan fingerprint density at radius 3 is 2.49 bits per heavy atom. The molecule has 2 amide bonds. The Balaban J connectivity index is 1.52. The third-order valence-corrected chi connectivity index (χ3v) is 7.64. The summed E-state index contributed by atoms with van der Waals surface area (Å²) in [5.41, 5.74) is 2.97. The molecular formula is C27H21N3O3S2. The van der Waals surface area contributed by atoms with Crippen LogP contribution in [-0.2, 0) is 9.73 Å². The van der Waals surface area contributed by atoms with E-state index in [9.17, 15) is 13.8 Å². The first-order valence-electron chi connectivity index (χ1n) is 10.6. The van der Waals surface area contributed by atoms with Crippen molar-refractivity contribution >= 4 is 38.6 Å². The van der Waals surface area contributed by atoms with E-state index in [0.717, 1.165) is 5.56 Å². The standard InChI is InChI=1S/C27H21N3O3S2/c1-19-13-14-34-25(19)27(32)29-23-8-6-7-20(16-23)11-12-21-15-22(18-28-17-21)26(31)30-35(2,33)24-9-4-3-5-10-24/h3-10,13-18H,1-2H3,(H,29,32). The minimum absolute atomic E-state index is 0.162. The zero-order valence-corrected chi connectivity index (χ0v) is 20.7. The van der Waals surface area contributed by atoms with Crippen LogP contribution in [0.2, 0.25) is 0 Å². The van der Waals surface area contributed by atoms with E-state index in [1.807, 2.05) is 24.4 Å². The van der Waals surface area contributed by atoms with Crippen molar-refractivity contribution in [2.24, 2.45) is 4.36 Å². The molecule has 174 valence electrons. The van der Waals surface area contributed by atoms with Crippen LogP contribution in [0.4, 0.5) is 5.69 Å². The number of carbonyl (C=O) groups excluding carboxylic acids is 2. The van der Waals surface area contributed by atoms with Gasteiger partial charge in [0, 0.05) is 40.4 Å². The Kier molecular flexibility index (Phi) is 7.20. The van der Waals surface area contributed by atoms with Crippen molar-refractivity contribution in [3.05, 3.63) is 112 Å². The molecule has 0 aliphatic carbocycles. The van der Waals surface area contributed by atoms with Gasteiger partial charge in [-0.15, -0.1) is 11.3 Å². The van der Waals surface area contributed by atoms with Gasteiger partial charge in [0.15, 0.2) is 0 Å². The first-order chi connectivity index (χ1) is 16.8. The van der Waals surface area contributed by atoms with E-state index in [-0.39, 0.29) is 11.5 Å². The van der Waals surface area contributed by atoms with Crippen LogP contribution in [0.3, 0.4) is 0 Å². The fraction of sp³-hybridized carbons (Fsp3) is 0.0741. The summed E-state index contributed by atoms with van der Waals surface area (Å²) in [6.07, 6.45) is 4.35. The molecule has 35 heavy (non-hydrogen) atoms. The number of aryl methyl sites for hydroxylation is 1. The average Bonchev–Trinajstić information content (AvgIpc) is 3.29. The van der Waals surface area contributed by atoms with E-state index in [0.29, 0.717) is 26.6 Å². The van der Waals surface area contributed by atoms with Gasteiger partial charge in [0.2, 0.25) is 0 Å². The van der Waals surface area contributed by atoms with E-state index in [4.69, 9.17) is 0 Å². The molecule has 2 aromatic carbocycles. The molecule has 0 spiro atoms. The monoisotopic (exact) mass is 499 g/mol. The Bertz CT molecular complexity index is 1590. The van der Waals surface area contributed by atoms with Crippen LogP contribution in [0.5, 0.6) is 0 Å². The predicted octanol–water partition coefficient (Wildman–Crippen LogP) is 5.40. The highest BCUT2D eigenvalue weighted by Gasteiger charge is 2.12. The van der Waals surface area contributed by atoms with Gasteiger partial charge in [-0.2, -0.15) is 4.36 Å². The Morgan fingerprint density at radius 2 is 1.74 bits per heavy atom. The predicted molar refractivity (Wildman–Crippen MR) is 139 cm³/mol. The Hall–Kier alpha value is -4.06. The quantitative estimate of drug-likeness (QED) is 0.381. The Morgan fingerprint density at radius 1 is 0.971 bits per heavy atom. The minimum atomic E-state index is -2.88. The highest BCUT2D eigenvalue weighted by Crippen LogP contribution is 2.19. The number of nitrogens with zero attached hydrogens (tertiary/aromatic N) is 2. The topological polar surface area (TPSA) is 88.5 Å². The lowest BCUT2D eigenvalue weighted by Gasteiger charge is -2.05. The van der Waals surface area contributed by atoms with E-state index >= 15 is 0 Å². The van der Waals surface area contributed by atoms with Gasteiger partial charge >= 0.3 is 0 Å². The molecule has 0 radical (unpaired) electrons. The smallest absolute Gasteiger partial charge is 0.286 e. The number of amides is 2. The summed E-state index contributed by atoms with van der Waals surface area (Å²) in [7, 11) is -2.88. The zero-order valence-electron chi connectivity index (χ0n) is 19.0. The van der Waals surface area contributed by atoms with Crippen molar-refractivity contribution in [1.82, 2.24) is 4.98 Å². The third-order valence-electron chi connectivity index (χ3n) is 4.96. The molecule has 0 aliphatic rings. The zero-order chi connectivity index (χ0) is 24.8. The SMILES string of the molecule is Cc1ccsc1C(=O)Nc1cccc(C#Cc2cncc(C(=O)N=S(C)(=O)c3ccccc3)c2)c1. The fourth-order valence-corrected chi connectivity index (χ4v) is 5.18. The van der Waals surface area contributed by atoms with Crippen molar-refractivity contribution in [3.8, 4) is 11.8 Å². The summed E-state index contributed by atoms with van der Waals surface area (Å²) >= 11 is 1.39. The number of nitrogens with one attached hydrogen (secondary N) is 1. The summed E-state index contributed by atoms with van der Waals surface area (Å²) < 4.78 is 16.8. The highest BCUT2D eigenvalue weighted by molar-refractivity contribution is 7.93. The van der Waals surface area contributed by atoms with E-state index in [1.165, 1.54) is 30.0 Å². The van der Waals surface area contributed by atoms with E-state index in [2.05, 4.69) is 26.5 Å². The summed E-state index contributed by atoms with van der Waals surface area (Å²) in [5.74, 6) is 5.22. The molecule has 6 nitrogen and oxygen atoms in total. The van der Waals surface area contributed by atoms with Crippen LogP contribution in [0.25, 0.3) is 0 Å². The summed E-state index contributed by atoms with van der Waals surface area (Å²) in [5, 5.41) is 4.77. The number of anilines is 1. The van der Waals surface area contributed by atoms with Gasteiger partial charge in [0.05, 0.1) is 20.2 Å². The van der Waals surface area contributed by atoms with Gasteiger partial charge in [0.1, 0.15) is 0 Å². The molecule has 4 rings (SSSR count). The van der Waals surface area contributed by atoms with Crippen LogP contribution >= 0.6 is 11.3 Å². The third kappa shape index (κ3) is 6.09. The number of hydrogen-bond acceptors (Lipinski definition) is 5. The molecule has 2 heterocycles. The lowest BCUT2D eigenvalue weighted by atomic mass is 10.1. The molecule has 4 aromatic rings. The lowest BCUT2D eigenvalue weighted by molar-refractivity contribution is 0.100. The van der Waals surface area contributed by atoms with Crippen LogP contribution in [-0.4, -0.2) is 27.3 Å². The fourth-order valence-electron chi connectivity index (χ4n) is 3.17. The number of pyridine rings is 1. The highest BCUT2D eigenvalue weighted by atomic mass is 32.2. The number of carbonyl (C=O) groups is 2. The molecule has 2 aromatic heterocycles. The van der Waals surface area contributed by atoms with Crippen molar-refractivity contribution in [1.29, 1.82) is 0 Å². The van der Waals surface area contributed by atoms with Crippen molar-refractivity contribution in [3.63, 3.8) is 0 Å². The molecule has 1 unspecified atom stereocenters. The van der Waals surface area contributed by atoms with Crippen LogP contribution < -0.4 is 5.32 Å². The van der Waals surface area contributed by atoms with E-state index in [1.54, 1.807) is 54.6 Å². The summed E-state index contributed by atoms with van der Waals surface area (Å²) in [6.45, 7) is 1.90. The molecule has 8 heteroatoms. The Labute approximate surface area is 208 Å². The maximum atomic E-state index is 12.9. The van der Waals surface area contributed by atoms with Gasteiger partial charge in [-0.25, -0.2) is 4.21 Å². The molecular weight excluding hydrogens is 478 g/mol. The van der Waals surface area contributed by atoms with Gasteiger partial charge in [-0.3, -0.25) is 14.6 Å². The summed E-state index contributed by atoms with van der Waals surface area (Å²) in [6, 6.07) is 19.3. The molecule has 0 bridgehead atoms. The molecule has 1 N–H and O–H groups in total. The minimum Gasteiger partial charge on any atom is -0.321 e. The average molecular weight is 500 g/mol. The van der Waals surface area contributed by atoms with Gasteiger partial charge in [0.25, 0.3) is 11.8 Å². The normalized spacial score (nSPS) is 12.1. The van der Waals surface area contributed by atoms with E-state index < -0.39 is 15.6 Å². The molecule has 1 atom stereocenters. The number of hydrogen-bond donors (Lipinski definition) is 1. The number of benzene rings is 2. The summed E-state index contributed by atoms with van der Waals surface area (Å²) in [4.78, 5) is 30.4. The van der Waals surface area contributed by atoms with Crippen LogP contribution in [0.1, 0.15) is 36.7 Å². The number of aromatic nitrogens is 1. The lowest BCUT2D eigenvalue weighted by Crippen LogP contribution is -2.11. The van der Waals surface area contributed by atoms with Crippen molar-refractivity contribution in [2.75, 3.05) is 11.6 Å². The molecule has 0 aliphatic heterocycles. The van der Waals surface area contributed by atoms with Crippen LogP contribution in [0, 0.1) is 18.8 Å². The molecule has 0 fully saturated rings. The second kappa shape index (κ2) is 10.5. The molecule has 0 saturated carbocycles. The second-order valence-electron chi connectivity index (χ2n) is 7.69. The molecule has 0 saturated heterocycles. The number of thiophene rings is 1. The van der Waals surface area contributed by atoms with Crippen molar-refractivity contribution in [2.45, 2.75) is 11.8 Å². The van der Waals surface area contributed by atoms with Gasteiger partial charge < -0.3 is 5.32 Å².